The molecule has 0 fully saturated rings. The molecule has 3 aromatic carbocycles. The van der Waals surface area contributed by atoms with Crippen molar-refractivity contribution in [1.82, 2.24) is 4.98 Å². The maximum atomic E-state index is 14.3. The minimum atomic E-state index is -0.828. The summed E-state index contributed by atoms with van der Waals surface area (Å²) in [5.74, 6) is -3.99. The summed E-state index contributed by atoms with van der Waals surface area (Å²) < 4.78 is 79.8. The highest BCUT2D eigenvalue weighted by atomic mass is 19.1. The molecule has 0 amide bonds. The van der Waals surface area contributed by atoms with Crippen LogP contribution in [0.1, 0.15) is 52.1 Å². The van der Waals surface area contributed by atoms with Gasteiger partial charge in [-0.25, -0.2) is 31.7 Å². The monoisotopic (exact) mass is 551 g/mol. The van der Waals surface area contributed by atoms with Crippen LogP contribution in [0.25, 0.3) is 11.1 Å². The van der Waals surface area contributed by atoms with Gasteiger partial charge in [0.25, 0.3) is 0 Å². The van der Waals surface area contributed by atoms with Crippen molar-refractivity contribution in [3.05, 3.63) is 130 Å². The number of aromatic nitrogens is 1. The van der Waals surface area contributed by atoms with Gasteiger partial charge in [-0.3, -0.25) is 0 Å². The van der Waals surface area contributed by atoms with Gasteiger partial charge in [0.2, 0.25) is 0 Å². The van der Waals surface area contributed by atoms with Crippen LogP contribution in [-0.2, 0) is 18.0 Å². The van der Waals surface area contributed by atoms with E-state index in [1.807, 2.05) is 0 Å². The molecule has 4 aromatic rings. The van der Waals surface area contributed by atoms with Crippen LogP contribution < -0.4 is 4.74 Å². The quantitative estimate of drug-likeness (QED) is 0.166. The van der Waals surface area contributed by atoms with Gasteiger partial charge in [0.1, 0.15) is 53.7 Å². The Hall–Kier alpha value is -4.53. The first-order chi connectivity index (χ1) is 19.3. The summed E-state index contributed by atoms with van der Waals surface area (Å²) >= 11 is 0. The zero-order valence-electron chi connectivity index (χ0n) is 21.0. The van der Waals surface area contributed by atoms with Gasteiger partial charge in [-0.1, -0.05) is 6.07 Å². The van der Waals surface area contributed by atoms with Gasteiger partial charge in [0.05, 0.1) is 5.69 Å². The summed E-state index contributed by atoms with van der Waals surface area (Å²) in [7, 11) is 0. The van der Waals surface area contributed by atoms with Crippen LogP contribution in [0.15, 0.2) is 72.8 Å². The van der Waals surface area contributed by atoms with Crippen molar-refractivity contribution in [3.63, 3.8) is 0 Å². The highest BCUT2D eigenvalue weighted by Crippen LogP contribution is 2.42. The van der Waals surface area contributed by atoms with Crippen molar-refractivity contribution in [2.45, 2.75) is 32.5 Å². The number of nitrogens with zero attached hydrogens (tertiary/aromatic N) is 1. The summed E-state index contributed by atoms with van der Waals surface area (Å²) in [6, 6.07) is 14.9. The van der Waals surface area contributed by atoms with Gasteiger partial charge in [0.15, 0.2) is 0 Å². The van der Waals surface area contributed by atoms with E-state index in [1.54, 1.807) is 12.1 Å². The average Bonchev–Trinajstić information content (AvgIpc) is 3.42. The van der Waals surface area contributed by atoms with E-state index in [2.05, 4.69) is 4.98 Å². The SMILES string of the molecule is O=C(OCc1ccc(F)cc1F)c1cccc(C2=C(c3cc(F)ccc3OCc3ccc(F)cc3F)CCC2)n1. The molecule has 40 heavy (non-hydrogen) atoms. The zero-order valence-corrected chi connectivity index (χ0v) is 21.0. The summed E-state index contributed by atoms with van der Waals surface area (Å²) in [5.41, 5.74) is 2.65. The van der Waals surface area contributed by atoms with Gasteiger partial charge >= 0.3 is 5.97 Å². The zero-order chi connectivity index (χ0) is 28.2. The molecule has 1 aliphatic carbocycles. The molecule has 1 aromatic heterocycles. The smallest absolute Gasteiger partial charge is 0.357 e. The second kappa shape index (κ2) is 11.7. The fourth-order valence-corrected chi connectivity index (χ4v) is 4.55. The lowest BCUT2D eigenvalue weighted by Gasteiger charge is -2.15. The van der Waals surface area contributed by atoms with Crippen molar-refractivity contribution in [2.75, 3.05) is 0 Å². The van der Waals surface area contributed by atoms with Gasteiger partial charge in [-0.2, -0.15) is 0 Å². The molecule has 0 bridgehead atoms. The number of esters is 1. The van der Waals surface area contributed by atoms with Crippen LogP contribution in [0.2, 0.25) is 0 Å². The molecule has 0 saturated heterocycles. The Balaban J connectivity index is 1.40. The van der Waals surface area contributed by atoms with Gasteiger partial charge in [-0.15, -0.1) is 0 Å². The highest BCUT2D eigenvalue weighted by Gasteiger charge is 2.23. The largest absolute Gasteiger partial charge is 0.488 e. The Morgan fingerprint density at radius 3 is 2.05 bits per heavy atom. The molecule has 0 saturated carbocycles. The summed E-state index contributed by atoms with van der Waals surface area (Å²) in [6.07, 6.45) is 1.93. The van der Waals surface area contributed by atoms with E-state index < -0.39 is 41.7 Å². The molecule has 0 radical (unpaired) electrons. The van der Waals surface area contributed by atoms with Crippen molar-refractivity contribution in [2.24, 2.45) is 0 Å². The maximum absolute atomic E-state index is 14.3. The third-order valence-corrected chi connectivity index (χ3v) is 6.52. The molecule has 204 valence electrons. The van der Waals surface area contributed by atoms with Crippen LogP contribution in [0.3, 0.4) is 0 Å². The van der Waals surface area contributed by atoms with Crippen LogP contribution in [-0.4, -0.2) is 11.0 Å². The average molecular weight is 552 g/mol. The van der Waals surface area contributed by atoms with Crippen LogP contribution in [0.4, 0.5) is 22.0 Å². The number of halogens is 5. The molecule has 0 spiro atoms. The molecular weight excluding hydrogens is 529 g/mol. The van der Waals surface area contributed by atoms with Crippen LogP contribution in [0, 0.1) is 29.1 Å². The van der Waals surface area contributed by atoms with E-state index in [0.717, 1.165) is 35.8 Å². The van der Waals surface area contributed by atoms with E-state index in [0.29, 0.717) is 35.9 Å². The number of benzene rings is 3. The number of ether oxygens (including phenoxy) is 2. The third kappa shape index (κ3) is 6.03. The normalized spacial score (nSPS) is 13.0. The summed E-state index contributed by atoms with van der Waals surface area (Å²) in [6.45, 7) is -0.592. The van der Waals surface area contributed by atoms with Crippen LogP contribution >= 0.6 is 0 Å². The molecule has 5 rings (SSSR count). The third-order valence-electron chi connectivity index (χ3n) is 6.52. The minimum Gasteiger partial charge on any atom is -0.488 e. The fourth-order valence-electron chi connectivity index (χ4n) is 4.55. The Kier molecular flexibility index (Phi) is 7.91. The second-order valence-electron chi connectivity index (χ2n) is 9.20. The number of pyridine rings is 1. The predicted molar refractivity (Wildman–Crippen MR) is 137 cm³/mol. The minimum absolute atomic E-state index is 0.0127. The Morgan fingerprint density at radius 1 is 0.725 bits per heavy atom. The first-order valence-electron chi connectivity index (χ1n) is 12.5. The molecule has 9 heteroatoms. The molecule has 0 atom stereocenters. The van der Waals surface area contributed by atoms with Crippen molar-refractivity contribution in [1.29, 1.82) is 0 Å². The lowest BCUT2D eigenvalue weighted by molar-refractivity contribution is 0.0462. The van der Waals surface area contributed by atoms with E-state index >= 15 is 0 Å². The molecule has 0 N–H and O–H groups in total. The summed E-state index contributed by atoms with van der Waals surface area (Å²) in [4.78, 5) is 17.1. The van der Waals surface area contributed by atoms with E-state index in [4.69, 9.17) is 9.47 Å². The molecule has 1 heterocycles. The number of hydrogen-bond donors (Lipinski definition) is 0. The number of carbonyl (C=O) groups excluding carboxylic acids is 1. The van der Waals surface area contributed by atoms with Crippen LogP contribution in [0.5, 0.6) is 5.75 Å². The van der Waals surface area contributed by atoms with Gasteiger partial charge in [0, 0.05) is 28.8 Å². The first kappa shape index (κ1) is 27.1. The second-order valence-corrected chi connectivity index (χ2v) is 9.20. The maximum Gasteiger partial charge on any atom is 0.357 e. The fraction of sp³-hybridized carbons (Fsp3) is 0.161. The number of allylic oxidation sites excluding steroid dienone is 2. The Morgan fingerprint density at radius 2 is 1.35 bits per heavy atom. The Bertz CT molecular complexity index is 1620. The lowest BCUT2D eigenvalue weighted by Crippen LogP contribution is -2.09. The van der Waals surface area contributed by atoms with Gasteiger partial charge in [-0.05, 0) is 85.0 Å². The van der Waals surface area contributed by atoms with Crippen molar-refractivity contribution < 1.29 is 36.2 Å². The van der Waals surface area contributed by atoms with E-state index in [1.165, 1.54) is 36.4 Å². The first-order valence-corrected chi connectivity index (χ1v) is 12.5. The topological polar surface area (TPSA) is 48.4 Å². The number of carbonyl (C=O) groups is 1. The summed E-state index contributed by atoms with van der Waals surface area (Å²) in [5, 5.41) is 0. The van der Waals surface area contributed by atoms with E-state index in [-0.39, 0.29) is 23.4 Å². The Labute approximate surface area is 226 Å². The van der Waals surface area contributed by atoms with E-state index in [9.17, 15) is 26.7 Å². The molecule has 4 nitrogen and oxygen atoms in total. The standard InChI is InChI=1S/C31H22F5NO3/c32-20-11-12-30(39-16-18-7-9-21(33)14-26(18)35)25(13-20)23-3-1-4-24(23)28-5-2-6-29(37-28)31(38)40-17-19-8-10-22(34)15-27(19)36/h2,5-15H,1,3-4,16-17H2. The highest BCUT2D eigenvalue weighted by molar-refractivity contribution is 5.94. The van der Waals surface area contributed by atoms with Crippen molar-refractivity contribution >= 4 is 17.1 Å². The lowest BCUT2D eigenvalue weighted by atomic mass is 9.98. The number of hydrogen-bond acceptors (Lipinski definition) is 4. The van der Waals surface area contributed by atoms with Crippen molar-refractivity contribution in [3.8, 4) is 5.75 Å². The molecular formula is C31H22F5NO3. The predicted octanol–water partition coefficient (Wildman–Crippen LogP) is 7.81. The molecule has 0 unspecified atom stereocenters. The van der Waals surface area contributed by atoms with Gasteiger partial charge < -0.3 is 9.47 Å². The number of rotatable bonds is 8. The molecule has 0 aliphatic heterocycles. The molecule has 1 aliphatic rings.